The molecular weight excluding hydrogens is 191 g/mol. The highest BCUT2D eigenvalue weighted by molar-refractivity contribution is 5.45. The standard InChI is InChI=1S/C12H15FN2/c13-11-3-2-10(8-14-11)15-7-6-12(9-15)4-1-5-12/h2-3,8H,1,4-7,9H2. The van der Waals surface area contributed by atoms with Crippen molar-refractivity contribution in [3.8, 4) is 0 Å². The molecule has 1 aliphatic carbocycles. The summed E-state index contributed by atoms with van der Waals surface area (Å²) in [6.07, 6.45) is 7.07. The lowest BCUT2D eigenvalue weighted by molar-refractivity contribution is 0.165. The number of rotatable bonds is 1. The van der Waals surface area contributed by atoms with E-state index in [0.29, 0.717) is 5.41 Å². The van der Waals surface area contributed by atoms with Crippen LogP contribution in [0.5, 0.6) is 0 Å². The van der Waals surface area contributed by atoms with Gasteiger partial charge in [0.1, 0.15) is 0 Å². The molecule has 2 nitrogen and oxygen atoms in total. The number of halogens is 1. The van der Waals surface area contributed by atoms with Gasteiger partial charge in [-0.05, 0) is 36.8 Å². The van der Waals surface area contributed by atoms with Crippen molar-refractivity contribution in [2.45, 2.75) is 25.7 Å². The molecule has 0 bridgehead atoms. The number of aromatic nitrogens is 1. The van der Waals surface area contributed by atoms with Crippen LogP contribution in [0.25, 0.3) is 0 Å². The minimum Gasteiger partial charge on any atom is -0.370 e. The van der Waals surface area contributed by atoms with Gasteiger partial charge in [0.15, 0.2) is 0 Å². The quantitative estimate of drug-likeness (QED) is 0.656. The molecule has 3 heteroatoms. The van der Waals surface area contributed by atoms with Crippen LogP contribution >= 0.6 is 0 Å². The summed E-state index contributed by atoms with van der Waals surface area (Å²) < 4.78 is 12.7. The maximum atomic E-state index is 12.7. The fourth-order valence-electron chi connectivity index (χ4n) is 2.80. The highest BCUT2D eigenvalue weighted by Crippen LogP contribution is 2.48. The van der Waals surface area contributed by atoms with Crippen molar-refractivity contribution in [3.63, 3.8) is 0 Å². The Hall–Kier alpha value is -1.12. The van der Waals surface area contributed by atoms with Gasteiger partial charge in [0.05, 0.1) is 11.9 Å². The van der Waals surface area contributed by atoms with Crippen LogP contribution in [0.1, 0.15) is 25.7 Å². The molecule has 0 N–H and O–H groups in total. The highest BCUT2D eigenvalue weighted by atomic mass is 19.1. The SMILES string of the molecule is Fc1ccc(N2CCC3(CCC3)C2)cn1. The van der Waals surface area contributed by atoms with E-state index in [4.69, 9.17) is 0 Å². The van der Waals surface area contributed by atoms with Crippen LogP contribution in [-0.2, 0) is 0 Å². The molecule has 1 aliphatic heterocycles. The molecule has 0 radical (unpaired) electrons. The van der Waals surface area contributed by atoms with E-state index in [9.17, 15) is 4.39 Å². The predicted octanol–water partition coefficient (Wildman–Crippen LogP) is 2.60. The van der Waals surface area contributed by atoms with E-state index in [2.05, 4.69) is 9.88 Å². The Bertz CT molecular complexity index is 356. The van der Waals surface area contributed by atoms with Gasteiger partial charge in [-0.25, -0.2) is 4.98 Å². The molecule has 0 unspecified atom stereocenters. The monoisotopic (exact) mass is 206 g/mol. The predicted molar refractivity (Wildman–Crippen MR) is 57.3 cm³/mol. The largest absolute Gasteiger partial charge is 0.370 e. The molecule has 1 saturated carbocycles. The summed E-state index contributed by atoms with van der Waals surface area (Å²) in [4.78, 5) is 6.05. The van der Waals surface area contributed by atoms with Gasteiger partial charge in [0, 0.05) is 13.1 Å². The summed E-state index contributed by atoms with van der Waals surface area (Å²) >= 11 is 0. The lowest BCUT2D eigenvalue weighted by atomic mass is 9.68. The summed E-state index contributed by atoms with van der Waals surface area (Å²) in [7, 11) is 0. The van der Waals surface area contributed by atoms with Gasteiger partial charge >= 0.3 is 0 Å². The first kappa shape index (κ1) is 9.13. The zero-order valence-electron chi connectivity index (χ0n) is 8.75. The molecule has 0 amide bonds. The van der Waals surface area contributed by atoms with Crippen molar-refractivity contribution in [2.24, 2.45) is 5.41 Å². The second kappa shape index (κ2) is 3.19. The third-order valence-corrected chi connectivity index (χ3v) is 3.93. The highest BCUT2D eigenvalue weighted by Gasteiger charge is 2.42. The molecule has 1 spiro atoms. The van der Waals surface area contributed by atoms with E-state index < -0.39 is 5.95 Å². The van der Waals surface area contributed by atoms with Crippen LogP contribution in [-0.4, -0.2) is 18.1 Å². The van der Waals surface area contributed by atoms with Crippen molar-refractivity contribution >= 4 is 5.69 Å². The lowest BCUT2D eigenvalue weighted by Crippen LogP contribution is -2.33. The number of hydrogen-bond acceptors (Lipinski definition) is 2. The fraction of sp³-hybridized carbons (Fsp3) is 0.583. The summed E-state index contributed by atoms with van der Waals surface area (Å²) in [6.45, 7) is 2.24. The molecular formula is C12H15FN2. The molecule has 2 fully saturated rings. The molecule has 0 aromatic carbocycles. The Balaban J connectivity index is 1.76. The van der Waals surface area contributed by atoms with Gasteiger partial charge in [-0.15, -0.1) is 0 Å². The first-order chi connectivity index (χ1) is 7.27. The second-order valence-corrected chi connectivity index (χ2v) is 4.86. The van der Waals surface area contributed by atoms with Crippen molar-refractivity contribution in [2.75, 3.05) is 18.0 Å². The first-order valence-electron chi connectivity index (χ1n) is 5.64. The Kier molecular flexibility index (Phi) is 1.94. The summed E-state index contributed by atoms with van der Waals surface area (Å²) in [5.41, 5.74) is 1.66. The van der Waals surface area contributed by atoms with Gasteiger partial charge in [-0.1, -0.05) is 6.42 Å². The minimum absolute atomic E-state index is 0.392. The van der Waals surface area contributed by atoms with E-state index in [-0.39, 0.29) is 0 Å². The van der Waals surface area contributed by atoms with E-state index in [1.165, 1.54) is 31.7 Å². The molecule has 1 aromatic heterocycles. The van der Waals surface area contributed by atoms with E-state index in [1.807, 2.05) is 6.07 Å². The zero-order chi connectivity index (χ0) is 10.3. The summed E-state index contributed by atoms with van der Waals surface area (Å²) in [5, 5.41) is 0. The summed E-state index contributed by atoms with van der Waals surface area (Å²) in [5.74, 6) is -0.392. The fourth-order valence-corrected chi connectivity index (χ4v) is 2.80. The van der Waals surface area contributed by atoms with Crippen molar-refractivity contribution in [1.29, 1.82) is 0 Å². The minimum atomic E-state index is -0.392. The molecule has 1 saturated heterocycles. The Labute approximate surface area is 89.1 Å². The maximum absolute atomic E-state index is 12.7. The average Bonchev–Trinajstić information content (AvgIpc) is 2.63. The Morgan fingerprint density at radius 3 is 2.67 bits per heavy atom. The maximum Gasteiger partial charge on any atom is 0.212 e. The van der Waals surface area contributed by atoms with Crippen LogP contribution in [0.3, 0.4) is 0 Å². The molecule has 1 aromatic rings. The third-order valence-electron chi connectivity index (χ3n) is 3.93. The van der Waals surface area contributed by atoms with Gasteiger partial charge in [0.2, 0.25) is 5.95 Å². The number of pyridine rings is 1. The number of anilines is 1. The van der Waals surface area contributed by atoms with Crippen molar-refractivity contribution in [3.05, 3.63) is 24.3 Å². The molecule has 15 heavy (non-hydrogen) atoms. The smallest absolute Gasteiger partial charge is 0.212 e. The van der Waals surface area contributed by atoms with Crippen LogP contribution in [0, 0.1) is 11.4 Å². The van der Waals surface area contributed by atoms with Gasteiger partial charge in [0.25, 0.3) is 0 Å². The normalized spacial score (nSPS) is 23.1. The van der Waals surface area contributed by atoms with E-state index in [0.717, 1.165) is 18.8 Å². The van der Waals surface area contributed by atoms with Crippen LogP contribution in [0.4, 0.5) is 10.1 Å². The van der Waals surface area contributed by atoms with Crippen LogP contribution in [0.15, 0.2) is 18.3 Å². The number of hydrogen-bond donors (Lipinski definition) is 0. The van der Waals surface area contributed by atoms with Gasteiger partial charge in [-0.3, -0.25) is 0 Å². The third kappa shape index (κ3) is 1.50. The lowest BCUT2D eigenvalue weighted by Gasteiger charge is -2.38. The van der Waals surface area contributed by atoms with Crippen molar-refractivity contribution in [1.82, 2.24) is 4.98 Å². The van der Waals surface area contributed by atoms with E-state index in [1.54, 1.807) is 6.20 Å². The molecule has 0 atom stereocenters. The van der Waals surface area contributed by atoms with Gasteiger partial charge in [-0.2, -0.15) is 4.39 Å². The Morgan fingerprint density at radius 1 is 1.27 bits per heavy atom. The summed E-state index contributed by atoms with van der Waals surface area (Å²) in [6, 6.07) is 3.28. The van der Waals surface area contributed by atoms with Crippen molar-refractivity contribution < 1.29 is 4.39 Å². The van der Waals surface area contributed by atoms with Crippen LogP contribution < -0.4 is 4.90 Å². The van der Waals surface area contributed by atoms with Crippen LogP contribution in [0.2, 0.25) is 0 Å². The molecule has 2 heterocycles. The number of nitrogens with zero attached hydrogens (tertiary/aromatic N) is 2. The second-order valence-electron chi connectivity index (χ2n) is 4.86. The molecule has 3 rings (SSSR count). The molecule has 2 aliphatic rings. The topological polar surface area (TPSA) is 16.1 Å². The van der Waals surface area contributed by atoms with E-state index >= 15 is 0 Å². The van der Waals surface area contributed by atoms with Gasteiger partial charge < -0.3 is 4.90 Å². The molecule has 80 valence electrons. The average molecular weight is 206 g/mol. The zero-order valence-corrected chi connectivity index (χ0v) is 8.75. The first-order valence-corrected chi connectivity index (χ1v) is 5.64. The Morgan fingerprint density at radius 2 is 2.13 bits per heavy atom.